The molecule has 2 aromatic carbocycles. The molecule has 3 aromatic rings. The first kappa shape index (κ1) is 19.8. The number of amides is 2. The summed E-state index contributed by atoms with van der Waals surface area (Å²) in [6, 6.07) is 13.7. The Bertz CT molecular complexity index is 1170. The number of thiazole rings is 1. The molecule has 0 saturated carbocycles. The van der Waals surface area contributed by atoms with Crippen LogP contribution in [0.15, 0.2) is 47.8 Å². The largest absolute Gasteiger partial charge is 0.479 e. The maximum Gasteiger partial charge on any atom is 0.268 e. The summed E-state index contributed by atoms with van der Waals surface area (Å²) >= 11 is 1.58. The molecule has 1 atom stereocenters. The highest BCUT2D eigenvalue weighted by Gasteiger charge is 2.35. The van der Waals surface area contributed by atoms with Gasteiger partial charge >= 0.3 is 0 Å². The molecular formula is C24H23N3O3S. The topological polar surface area (TPSA) is 62.7 Å². The Morgan fingerprint density at radius 3 is 2.87 bits per heavy atom. The van der Waals surface area contributed by atoms with E-state index in [0.717, 1.165) is 34.8 Å². The summed E-state index contributed by atoms with van der Waals surface area (Å²) in [5, 5.41) is 2.97. The van der Waals surface area contributed by atoms with Crippen LogP contribution in [0.25, 0.3) is 11.3 Å². The van der Waals surface area contributed by atoms with Gasteiger partial charge in [-0.3, -0.25) is 14.5 Å². The van der Waals surface area contributed by atoms with Gasteiger partial charge in [0, 0.05) is 23.2 Å². The van der Waals surface area contributed by atoms with E-state index in [4.69, 9.17) is 4.74 Å². The first-order valence-corrected chi connectivity index (χ1v) is 11.3. The minimum Gasteiger partial charge on any atom is -0.479 e. The molecule has 31 heavy (non-hydrogen) atoms. The molecule has 5 rings (SSSR count). The second-order valence-electron chi connectivity index (χ2n) is 7.90. The highest BCUT2D eigenvalue weighted by molar-refractivity contribution is 7.09. The average molecular weight is 434 g/mol. The maximum atomic E-state index is 13.3. The monoisotopic (exact) mass is 433 g/mol. The lowest BCUT2D eigenvalue weighted by molar-refractivity contribution is -0.127. The van der Waals surface area contributed by atoms with E-state index in [2.05, 4.69) is 11.1 Å². The number of hydrogen-bond acceptors (Lipinski definition) is 5. The van der Waals surface area contributed by atoms with Gasteiger partial charge in [-0.05, 0) is 56.5 Å². The van der Waals surface area contributed by atoms with Crippen molar-refractivity contribution >= 4 is 34.5 Å². The fourth-order valence-electron chi connectivity index (χ4n) is 4.24. The van der Waals surface area contributed by atoms with Gasteiger partial charge in [0.15, 0.2) is 6.10 Å². The van der Waals surface area contributed by atoms with E-state index in [-0.39, 0.29) is 18.4 Å². The van der Waals surface area contributed by atoms with Crippen LogP contribution >= 0.6 is 11.3 Å². The van der Waals surface area contributed by atoms with Gasteiger partial charge in [0.1, 0.15) is 12.3 Å². The number of para-hydroxylation sites is 1. The van der Waals surface area contributed by atoms with Crippen molar-refractivity contribution in [1.82, 2.24) is 4.98 Å². The van der Waals surface area contributed by atoms with E-state index in [0.29, 0.717) is 18.0 Å². The van der Waals surface area contributed by atoms with Crippen LogP contribution in [-0.4, -0.2) is 36.0 Å². The average Bonchev–Trinajstić information content (AvgIpc) is 3.22. The van der Waals surface area contributed by atoms with Crippen molar-refractivity contribution in [2.24, 2.45) is 0 Å². The Balaban J connectivity index is 1.48. The minimum atomic E-state index is -0.638. The summed E-state index contributed by atoms with van der Waals surface area (Å²) in [5.74, 6) is 0.308. The van der Waals surface area contributed by atoms with Crippen molar-refractivity contribution in [3.05, 3.63) is 58.4 Å². The summed E-state index contributed by atoms with van der Waals surface area (Å²) in [6.45, 7) is 4.32. The second kappa shape index (κ2) is 7.81. The number of hydrogen-bond donors (Lipinski definition) is 0. The van der Waals surface area contributed by atoms with Crippen molar-refractivity contribution in [2.45, 2.75) is 32.8 Å². The summed E-state index contributed by atoms with van der Waals surface area (Å²) in [6.07, 6.45) is 1.24. The van der Waals surface area contributed by atoms with Gasteiger partial charge in [0.2, 0.25) is 5.91 Å². The highest BCUT2D eigenvalue weighted by Crippen LogP contribution is 2.38. The van der Waals surface area contributed by atoms with Crippen LogP contribution in [0.5, 0.6) is 5.75 Å². The second-order valence-corrected chi connectivity index (χ2v) is 8.96. The molecule has 0 N–H and O–H groups in total. The molecule has 0 saturated heterocycles. The molecule has 1 unspecified atom stereocenters. The van der Waals surface area contributed by atoms with Gasteiger partial charge < -0.3 is 9.64 Å². The number of fused-ring (bicyclic) bond motifs is 2. The van der Waals surface area contributed by atoms with E-state index < -0.39 is 6.10 Å². The van der Waals surface area contributed by atoms with Gasteiger partial charge in [-0.2, -0.15) is 0 Å². The zero-order valence-electron chi connectivity index (χ0n) is 17.5. The van der Waals surface area contributed by atoms with Crippen molar-refractivity contribution in [3.8, 4) is 17.0 Å². The summed E-state index contributed by atoms with van der Waals surface area (Å²) in [4.78, 5) is 34.3. The third-order valence-electron chi connectivity index (χ3n) is 5.79. The molecule has 2 amide bonds. The summed E-state index contributed by atoms with van der Waals surface area (Å²) in [5.41, 5.74) is 4.48. The number of benzene rings is 2. The Kier molecular flexibility index (Phi) is 4.98. The molecule has 0 bridgehead atoms. The molecule has 1 aromatic heterocycles. The lowest BCUT2D eigenvalue weighted by Gasteiger charge is -2.35. The lowest BCUT2D eigenvalue weighted by Crippen LogP contribution is -2.50. The molecule has 3 heterocycles. The molecular weight excluding hydrogens is 410 g/mol. The third-order valence-corrected chi connectivity index (χ3v) is 6.56. The van der Waals surface area contributed by atoms with Crippen molar-refractivity contribution in [3.63, 3.8) is 0 Å². The van der Waals surface area contributed by atoms with Crippen LogP contribution in [0.4, 0.5) is 11.4 Å². The molecule has 0 aliphatic carbocycles. The van der Waals surface area contributed by atoms with Crippen LogP contribution in [-0.2, 0) is 16.0 Å². The van der Waals surface area contributed by atoms with Gasteiger partial charge in [0.05, 0.1) is 16.4 Å². The molecule has 0 radical (unpaired) electrons. The maximum absolute atomic E-state index is 13.3. The minimum absolute atomic E-state index is 0.0204. The van der Waals surface area contributed by atoms with E-state index in [9.17, 15) is 9.59 Å². The first-order chi connectivity index (χ1) is 15.0. The molecule has 0 fully saturated rings. The van der Waals surface area contributed by atoms with Crippen molar-refractivity contribution in [1.29, 1.82) is 0 Å². The zero-order valence-corrected chi connectivity index (χ0v) is 18.3. The van der Waals surface area contributed by atoms with Crippen LogP contribution in [0.2, 0.25) is 0 Å². The predicted octanol–water partition coefficient (Wildman–Crippen LogP) is 4.21. The van der Waals surface area contributed by atoms with Crippen LogP contribution in [0.3, 0.4) is 0 Å². The quantitative estimate of drug-likeness (QED) is 0.621. The number of anilines is 2. The van der Waals surface area contributed by atoms with Crippen LogP contribution < -0.4 is 14.5 Å². The molecule has 0 spiro atoms. The first-order valence-electron chi connectivity index (χ1n) is 10.4. The summed E-state index contributed by atoms with van der Waals surface area (Å²) in [7, 11) is 0. The number of nitrogens with zero attached hydrogens (tertiary/aromatic N) is 3. The number of carbonyl (C=O) groups is 2. The number of carbonyl (C=O) groups excluding carboxylic acids is 2. The number of ether oxygens (including phenoxy) is 1. The Morgan fingerprint density at radius 1 is 1.23 bits per heavy atom. The normalized spacial score (nSPS) is 17.7. The van der Waals surface area contributed by atoms with Gasteiger partial charge in [-0.1, -0.05) is 18.2 Å². The molecule has 2 aliphatic heterocycles. The lowest BCUT2D eigenvalue weighted by atomic mass is 10.0. The SMILES string of the molecule is Cc1nc(-c2ccc3c(c2)N(CC(=O)N2CCCc4ccccc42)C(=O)C(C)O3)cs1. The smallest absolute Gasteiger partial charge is 0.268 e. The number of rotatable bonds is 3. The Hall–Kier alpha value is -3.19. The van der Waals surface area contributed by atoms with E-state index in [1.165, 1.54) is 5.56 Å². The Labute approximate surface area is 185 Å². The van der Waals surface area contributed by atoms with Crippen LogP contribution in [0, 0.1) is 6.92 Å². The van der Waals surface area contributed by atoms with Crippen LogP contribution in [0.1, 0.15) is 23.9 Å². The van der Waals surface area contributed by atoms with E-state index in [1.807, 2.05) is 48.7 Å². The molecule has 7 heteroatoms. The molecule has 158 valence electrons. The summed E-state index contributed by atoms with van der Waals surface area (Å²) < 4.78 is 5.82. The number of aromatic nitrogens is 1. The zero-order chi connectivity index (χ0) is 21.5. The molecule has 6 nitrogen and oxygen atoms in total. The fourth-order valence-corrected chi connectivity index (χ4v) is 4.86. The van der Waals surface area contributed by atoms with Gasteiger partial charge in [-0.15, -0.1) is 11.3 Å². The van der Waals surface area contributed by atoms with Gasteiger partial charge in [0.25, 0.3) is 5.91 Å². The van der Waals surface area contributed by atoms with E-state index >= 15 is 0 Å². The molecule has 2 aliphatic rings. The highest BCUT2D eigenvalue weighted by atomic mass is 32.1. The standard InChI is InChI=1S/C24H23N3O3S/c1-15-24(29)27(13-23(28)26-11-5-7-17-6-3-4-8-20(17)26)21-12-18(9-10-22(21)30-15)19-14-31-16(2)25-19/h3-4,6,8-10,12,14-15H,5,7,11,13H2,1-2H3. The third kappa shape index (κ3) is 3.59. The van der Waals surface area contributed by atoms with E-state index in [1.54, 1.807) is 28.1 Å². The van der Waals surface area contributed by atoms with Crippen molar-refractivity contribution < 1.29 is 14.3 Å². The van der Waals surface area contributed by atoms with Gasteiger partial charge in [-0.25, -0.2) is 4.98 Å². The fraction of sp³-hybridized carbons (Fsp3) is 0.292. The Morgan fingerprint density at radius 2 is 2.06 bits per heavy atom. The number of aryl methyl sites for hydroxylation is 2. The van der Waals surface area contributed by atoms with Crippen molar-refractivity contribution in [2.75, 3.05) is 22.9 Å². The predicted molar refractivity (Wildman–Crippen MR) is 122 cm³/mol.